The summed E-state index contributed by atoms with van der Waals surface area (Å²) in [5.74, 6) is -1.84. The lowest BCUT2D eigenvalue weighted by Gasteiger charge is -2.16. The predicted octanol–water partition coefficient (Wildman–Crippen LogP) is 3.49. The molecular weight excluding hydrogens is 384 g/mol. The van der Waals surface area contributed by atoms with Crippen LogP contribution in [0.5, 0.6) is 0 Å². The lowest BCUT2D eigenvalue weighted by molar-refractivity contribution is -0.122. The Balaban J connectivity index is 1.55. The van der Waals surface area contributed by atoms with Gasteiger partial charge in [-0.2, -0.15) is 0 Å². The summed E-state index contributed by atoms with van der Waals surface area (Å²) in [6.07, 6.45) is 5.39. The van der Waals surface area contributed by atoms with Gasteiger partial charge < -0.3 is 5.32 Å². The topological polar surface area (TPSA) is 64.0 Å². The highest BCUT2D eigenvalue weighted by Gasteiger charge is 2.21. The van der Waals surface area contributed by atoms with E-state index in [9.17, 15) is 18.4 Å². The SMILES string of the molecule is C[C@H](NC(=O)Cn1cnc2sc3c(c2c1=O)CCCC3)c1ccc(F)cc1F. The van der Waals surface area contributed by atoms with Crippen molar-refractivity contribution in [2.24, 2.45) is 0 Å². The van der Waals surface area contributed by atoms with E-state index >= 15 is 0 Å². The van der Waals surface area contributed by atoms with Gasteiger partial charge in [-0.05, 0) is 44.2 Å². The molecule has 1 atom stereocenters. The molecule has 28 heavy (non-hydrogen) atoms. The molecule has 0 unspecified atom stereocenters. The second kappa shape index (κ2) is 7.43. The number of halogens is 2. The number of carbonyl (C=O) groups excluding carboxylic acids is 1. The zero-order valence-corrected chi connectivity index (χ0v) is 16.1. The maximum absolute atomic E-state index is 13.9. The Hall–Kier alpha value is -2.61. The van der Waals surface area contributed by atoms with E-state index in [1.165, 1.54) is 21.8 Å². The van der Waals surface area contributed by atoms with Crippen molar-refractivity contribution in [1.29, 1.82) is 0 Å². The van der Waals surface area contributed by atoms with Crippen LogP contribution in [0.2, 0.25) is 0 Å². The Morgan fingerprint density at radius 3 is 2.89 bits per heavy atom. The van der Waals surface area contributed by atoms with E-state index in [0.717, 1.165) is 48.2 Å². The normalized spacial score (nSPS) is 14.7. The van der Waals surface area contributed by atoms with Crippen LogP contribution in [0.15, 0.2) is 29.3 Å². The van der Waals surface area contributed by atoms with Gasteiger partial charge in [0, 0.05) is 16.5 Å². The molecule has 1 aliphatic rings. The van der Waals surface area contributed by atoms with Gasteiger partial charge in [-0.15, -0.1) is 11.3 Å². The van der Waals surface area contributed by atoms with E-state index in [-0.39, 0.29) is 17.7 Å². The van der Waals surface area contributed by atoms with Crippen molar-refractivity contribution in [3.63, 3.8) is 0 Å². The molecule has 0 radical (unpaired) electrons. The number of rotatable bonds is 4. The molecule has 4 rings (SSSR count). The molecule has 0 saturated carbocycles. The fraction of sp³-hybridized carbons (Fsp3) is 0.350. The molecule has 1 aliphatic carbocycles. The van der Waals surface area contributed by atoms with Crippen LogP contribution >= 0.6 is 11.3 Å². The zero-order chi connectivity index (χ0) is 19.8. The molecule has 2 heterocycles. The van der Waals surface area contributed by atoms with E-state index in [1.54, 1.807) is 18.3 Å². The maximum Gasteiger partial charge on any atom is 0.262 e. The van der Waals surface area contributed by atoms with Gasteiger partial charge in [-0.3, -0.25) is 14.2 Å². The summed E-state index contributed by atoms with van der Waals surface area (Å²) in [6, 6.07) is 2.56. The Labute approximate surface area is 164 Å². The van der Waals surface area contributed by atoms with Crippen molar-refractivity contribution < 1.29 is 13.6 Å². The lowest BCUT2D eigenvalue weighted by atomic mass is 9.97. The highest BCUT2D eigenvalue weighted by Crippen LogP contribution is 2.33. The fourth-order valence-electron chi connectivity index (χ4n) is 3.67. The molecule has 0 saturated heterocycles. The summed E-state index contributed by atoms with van der Waals surface area (Å²) in [6.45, 7) is 1.40. The van der Waals surface area contributed by atoms with Crippen LogP contribution in [-0.4, -0.2) is 15.5 Å². The third-order valence-corrected chi connectivity index (χ3v) is 6.26. The first-order chi connectivity index (χ1) is 13.4. The number of aryl methyl sites for hydroxylation is 2. The minimum absolute atomic E-state index is 0.183. The molecular formula is C20H19F2N3O2S. The van der Waals surface area contributed by atoms with Gasteiger partial charge in [0.2, 0.25) is 5.91 Å². The first kappa shape index (κ1) is 18.7. The molecule has 0 fully saturated rings. The molecule has 0 bridgehead atoms. The van der Waals surface area contributed by atoms with Gasteiger partial charge in [0.05, 0.1) is 17.8 Å². The summed E-state index contributed by atoms with van der Waals surface area (Å²) in [4.78, 5) is 31.6. The van der Waals surface area contributed by atoms with Crippen LogP contribution in [0.25, 0.3) is 10.2 Å². The number of carbonyl (C=O) groups is 1. The summed E-state index contributed by atoms with van der Waals surface area (Å²) < 4.78 is 28.2. The molecule has 146 valence electrons. The molecule has 0 aliphatic heterocycles. The van der Waals surface area contributed by atoms with Crippen molar-refractivity contribution in [3.05, 3.63) is 62.5 Å². The molecule has 2 aromatic heterocycles. The average molecular weight is 403 g/mol. The first-order valence-electron chi connectivity index (χ1n) is 9.18. The summed E-state index contributed by atoms with van der Waals surface area (Å²) in [5.41, 5.74) is 1.03. The van der Waals surface area contributed by atoms with Crippen LogP contribution in [0, 0.1) is 11.6 Å². The van der Waals surface area contributed by atoms with E-state index in [0.29, 0.717) is 5.39 Å². The first-order valence-corrected chi connectivity index (χ1v) is 9.99. The standard InChI is InChI=1S/C20H19F2N3O2S/c1-11(13-7-6-12(21)8-15(13)22)24-17(26)9-25-10-23-19-18(20(25)27)14-4-2-3-5-16(14)28-19/h6-8,10-11H,2-5,9H2,1H3,(H,24,26)/t11-/m0/s1. The Morgan fingerprint density at radius 1 is 1.32 bits per heavy atom. The summed E-state index contributed by atoms with van der Waals surface area (Å²) >= 11 is 1.55. The van der Waals surface area contributed by atoms with Crippen molar-refractivity contribution in [3.8, 4) is 0 Å². The van der Waals surface area contributed by atoms with Crippen LogP contribution in [0.4, 0.5) is 8.78 Å². The molecule has 3 aromatic rings. The second-order valence-electron chi connectivity index (χ2n) is 7.02. The number of thiophene rings is 1. The van der Waals surface area contributed by atoms with E-state index in [4.69, 9.17) is 0 Å². The number of nitrogens with one attached hydrogen (secondary N) is 1. The number of amides is 1. The average Bonchev–Trinajstić information content (AvgIpc) is 3.03. The molecule has 8 heteroatoms. The van der Waals surface area contributed by atoms with Gasteiger partial charge in [-0.1, -0.05) is 6.07 Å². The van der Waals surface area contributed by atoms with Crippen LogP contribution in [0.3, 0.4) is 0 Å². The van der Waals surface area contributed by atoms with Crippen molar-refractivity contribution in [2.75, 3.05) is 0 Å². The third-order valence-electron chi connectivity index (χ3n) is 5.06. The second-order valence-corrected chi connectivity index (χ2v) is 8.11. The third kappa shape index (κ3) is 3.44. The Kier molecular flexibility index (Phi) is 4.97. The molecule has 1 amide bonds. The van der Waals surface area contributed by atoms with Crippen molar-refractivity contribution in [2.45, 2.75) is 45.2 Å². The number of hydrogen-bond donors (Lipinski definition) is 1. The minimum atomic E-state index is -0.724. The fourth-order valence-corrected chi connectivity index (χ4v) is 4.89. The Bertz CT molecular complexity index is 1120. The highest BCUT2D eigenvalue weighted by molar-refractivity contribution is 7.18. The zero-order valence-electron chi connectivity index (χ0n) is 15.3. The summed E-state index contributed by atoms with van der Waals surface area (Å²) in [5, 5.41) is 3.27. The largest absolute Gasteiger partial charge is 0.348 e. The van der Waals surface area contributed by atoms with Gasteiger partial charge in [0.25, 0.3) is 5.56 Å². The van der Waals surface area contributed by atoms with E-state index in [1.807, 2.05) is 0 Å². The number of fused-ring (bicyclic) bond motifs is 3. The molecule has 1 aromatic carbocycles. The van der Waals surface area contributed by atoms with E-state index in [2.05, 4.69) is 10.3 Å². The quantitative estimate of drug-likeness (QED) is 0.725. The Morgan fingerprint density at radius 2 is 2.11 bits per heavy atom. The number of hydrogen-bond acceptors (Lipinski definition) is 4. The van der Waals surface area contributed by atoms with Crippen LogP contribution < -0.4 is 10.9 Å². The smallest absolute Gasteiger partial charge is 0.262 e. The van der Waals surface area contributed by atoms with Gasteiger partial charge in [0.15, 0.2) is 0 Å². The molecule has 1 N–H and O–H groups in total. The van der Waals surface area contributed by atoms with Gasteiger partial charge in [0.1, 0.15) is 23.0 Å². The molecule has 5 nitrogen and oxygen atoms in total. The highest BCUT2D eigenvalue weighted by atomic mass is 32.1. The molecule has 0 spiro atoms. The van der Waals surface area contributed by atoms with Crippen molar-refractivity contribution >= 4 is 27.5 Å². The predicted molar refractivity (Wildman–Crippen MR) is 103 cm³/mol. The minimum Gasteiger partial charge on any atom is -0.348 e. The van der Waals surface area contributed by atoms with Gasteiger partial charge >= 0.3 is 0 Å². The van der Waals surface area contributed by atoms with E-state index < -0.39 is 23.6 Å². The lowest BCUT2D eigenvalue weighted by Crippen LogP contribution is -2.34. The van der Waals surface area contributed by atoms with Crippen molar-refractivity contribution in [1.82, 2.24) is 14.9 Å². The van der Waals surface area contributed by atoms with Crippen LogP contribution in [0.1, 0.15) is 41.8 Å². The van der Waals surface area contributed by atoms with Gasteiger partial charge in [-0.25, -0.2) is 13.8 Å². The number of aromatic nitrogens is 2. The number of nitrogens with zero attached hydrogens (tertiary/aromatic N) is 2. The van der Waals surface area contributed by atoms with Crippen LogP contribution in [-0.2, 0) is 24.2 Å². The monoisotopic (exact) mass is 403 g/mol. The maximum atomic E-state index is 13.9. The summed E-state index contributed by atoms with van der Waals surface area (Å²) in [7, 11) is 0. The number of benzene rings is 1.